The highest BCUT2D eigenvalue weighted by Crippen LogP contribution is 2.32. The van der Waals surface area contributed by atoms with E-state index in [1.54, 1.807) is 12.1 Å². The summed E-state index contributed by atoms with van der Waals surface area (Å²) in [6.07, 6.45) is 0. The van der Waals surface area contributed by atoms with Crippen LogP contribution in [0.5, 0.6) is 5.75 Å². The predicted octanol–water partition coefficient (Wildman–Crippen LogP) is 1.54. The molecule has 0 aliphatic carbocycles. The van der Waals surface area contributed by atoms with Crippen LogP contribution < -0.4 is 15.8 Å². The summed E-state index contributed by atoms with van der Waals surface area (Å²) in [5.74, 6) is -0.444. The van der Waals surface area contributed by atoms with E-state index in [1.165, 1.54) is 7.11 Å². The Labute approximate surface area is 93.5 Å². The van der Waals surface area contributed by atoms with Gasteiger partial charge in [-0.05, 0) is 25.1 Å². The molecule has 16 heavy (non-hydrogen) atoms. The zero-order valence-electron chi connectivity index (χ0n) is 9.20. The fraction of sp³-hybridized carbons (Fsp3) is 0.182. The van der Waals surface area contributed by atoms with Gasteiger partial charge in [0.2, 0.25) is 0 Å². The number of rotatable bonds is 4. The maximum atomic E-state index is 11.2. The van der Waals surface area contributed by atoms with Crippen molar-refractivity contribution < 1.29 is 14.6 Å². The standard InChI is InChI=1S/C11H14N2O3/c1-6-4-5-8(11(12)15)9(10(6)16-3)13-7(2)14/h4-5,13-14H,2H2,1,3H3,(H2,12,15). The largest absolute Gasteiger partial charge is 0.495 e. The van der Waals surface area contributed by atoms with Crippen LogP contribution in [0.2, 0.25) is 0 Å². The number of benzene rings is 1. The molecule has 0 spiro atoms. The molecule has 86 valence electrons. The minimum atomic E-state index is -0.609. The Balaban J connectivity index is 3.40. The van der Waals surface area contributed by atoms with Gasteiger partial charge in [0.15, 0.2) is 5.88 Å². The van der Waals surface area contributed by atoms with Crippen molar-refractivity contribution in [3.63, 3.8) is 0 Å². The summed E-state index contributed by atoms with van der Waals surface area (Å²) in [4.78, 5) is 11.2. The molecule has 0 aliphatic rings. The van der Waals surface area contributed by atoms with Crippen LogP contribution in [0.1, 0.15) is 15.9 Å². The number of ether oxygens (including phenoxy) is 1. The lowest BCUT2D eigenvalue weighted by Crippen LogP contribution is -2.15. The number of aliphatic hydroxyl groups is 1. The number of hydrogen-bond acceptors (Lipinski definition) is 4. The number of aryl methyl sites for hydroxylation is 1. The molecule has 5 heteroatoms. The molecule has 0 saturated heterocycles. The van der Waals surface area contributed by atoms with Gasteiger partial charge in [-0.2, -0.15) is 0 Å². The second-order valence-electron chi connectivity index (χ2n) is 3.27. The van der Waals surface area contributed by atoms with Crippen molar-refractivity contribution in [3.8, 4) is 5.75 Å². The molecule has 0 aliphatic heterocycles. The van der Waals surface area contributed by atoms with E-state index in [0.29, 0.717) is 11.4 Å². The Morgan fingerprint density at radius 1 is 1.56 bits per heavy atom. The van der Waals surface area contributed by atoms with Crippen molar-refractivity contribution in [2.45, 2.75) is 6.92 Å². The number of carbonyl (C=O) groups is 1. The average molecular weight is 222 g/mol. The van der Waals surface area contributed by atoms with Gasteiger partial charge in [0.05, 0.1) is 18.4 Å². The van der Waals surface area contributed by atoms with Crippen LogP contribution in [-0.2, 0) is 0 Å². The molecule has 0 heterocycles. The van der Waals surface area contributed by atoms with Crippen molar-refractivity contribution in [2.75, 3.05) is 12.4 Å². The summed E-state index contributed by atoms with van der Waals surface area (Å²) in [7, 11) is 1.47. The van der Waals surface area contributed by atoms with Crippen LogP contribution in [0.25, 0.3) is 0 Å². The predicted molar refractivity (Wildman–Crippen MR) is 61.6 cm³/mol. The van der Waals surface area contributed by atoms with Crippen molar-refractivity contribution in [1.82, 2.24) is 0 Å². The number of nitrogens with one attached hydrogen (secondary N) is 1. The fourth-order valence-electron chi connectivity index (χ4n) is 1.42. The van der Waals surface area contributed by atoms with Gasteiger partial charge in [0, 0.05) is 0 Å². The smallest absolute Gasteiger partial charge is 0.250 e. The van der Waals surface area contributed by atoms with Crippen molar-refractivity contribution in [2.24, 2.45) is 5.73 Å². The minimum Gasteiger partial charge on any atom is -0.495 e. The monoisotopic (exact) mass is 222 g/mol. The number of hydrogen-bond donors (Lipinski definition) is 3. The number of carbonyl (C=O) groups excluding carboxylic acids is 1. The van der Waals surface area contributed by atoms with E-state index in [4.69, 9.17) is 15.6 Å². The van der Waals surface area contributed by atoms with Crippen LogP contribution in [0.4, 0.5) is 5.69 Å². The first-order valence-corrected chi connectivity index (χ1v) is 4.59. The molecule has 0 aromatic heterocycles. The van der Waals surface area contributed by atoms with Gasteiger partial charge in [-0.3, -0.25) is 4.79 Å². The van der Waals surface area contributed by atoms with Gasteiger partial charge in [-0.1, -0.05) is 6.07 Å². The van der Waals surface area contributed by atoms with Crippen LogP contribution >= 0.6 is 0 Å². The average Bonchev–Trinajstić information content (AvgIpc) is 2.16. The van der Waals surface area contributed by atoms with Crippen molar-refractivity contribution >= 4 is 11.6 Å². The van der Waals surface area contributed by atoms with E-state index >= 15 is 0 Å². The van der Waals surface area contributed by atoms with E-state index < -0.39 is 5.91 Å². The highest BCUT2D eigenvalue weighted by Gasteiger charge is 2.15. The Kier molecular flexibility index (Phi) is 3.40. The first kappa shape index (κ1) is 11.9. The first-order chi connectivity index (χ1) is 7.47. The number of primary amides is 1. The SMILES string of the molecule is C=C(O)Nc1c(C(N)=O)ccc(C)c1OC. The molecule has 0 bridgehead atoms. The fourth-order valence-corrected chi connectivity index (χ4v) is 1.42. The summed E-state index contributed by atoms with van der Waals surface area (Å²) in [6, 6.07) is 3.27. The molecule has 5 nitrogen and oxygen atoms in total. The zero-order chi connectivity index (χ0) is 12.3. The van der Waals surface area contributed by atoms with Crippen LogP contribution in [-0.4, -0.2) is 18.1 Å². The number of amides is 1. The van der Waals surface area contributed by atoms with E-state index in [-0.39, 0.29) is 11.4 Å². The second-order valence-corrected chi connectivity index (χ2v) is 3.27. The van der Waals surface area contributed by atoms with Gasteiger partial charge in [0.25, 0.3) is 5.91 Å². The Bertz CT molecular complexity index is 441. The summed E-state index contributed by atoms with van der Waals surface area (Å²) >= 11 is 0. The topological polar surface area (TPSA) is 84.6 Å². The van der Waals surface area contributed by atoms with Gasteiger partial charge in [-0.15, -0.1) is 0 Å². The van der Waals surface area contributed by atoms with Gasteiger partial charge in [0.1, 0.15) is 5.75 Å². The van der Waals surface area contributed by atoms with E-state index in [0.717, 1.165) is 5.56 Å². The summed E-state index contributed by atoms with van der Waals surface area (Å²) in [5, 5.41) is 11.7. The quantitative estimate of drug-likeness (QED) is 0.675. The Morgan fingerprint density at radius 3 is 2.62 bits per heavy atom. The molecule has 1 aromatic rings. The third kappa shape index (κ3) is 2.25. The van der Waals surface area contributed by atoms with Gasteiger partial charge >= 0.3 is 0 Å². The summed E-state index contributed by atoms with van der Waals surface area (Å²) < 4.78 is 5.15. The van der Waals surface area contributed by atoms with Gasteiger partial charge in [-0.25, -0.2) is 0 Å². The lowest BCUT2D eigenvalue weighted by atomic mass is 10.1. The summed E-state index contributed by atoms with van der Waals surface area (Å²) in [6.45, 7) is 5.11. The number of aliphatic hydroxyl groups excluding tert-OH is 1. The van der Waals surface area contributed by atoms with Crippen LogP contribution in [0.3, 0.4) is 0 Å². The molecule has 1 amide bonds. The Morgan fingerprint density at radius 2 is 2.19 bits per heavy atom. The maximum absolute atomic E-state index is 11.2. The maximum Gasteiger partial charge on any atom is 0.250 e. The normalized spacial score (nSPS) is 9.62. The molecule has 4 N–H and O–H groups in total. The lowest BCUT2D eigenvalue weighted by molar-refractivity contribution is 0.100. The van der Waals surface area contributed by atoms with Crippen LogP contribution in [0, 0.1) is 6.92 Å². The third-order valence-corrected chi connectivity index (χ3v) is 2.09. The molecule has 0 saturated carbocycles. The molecule has 1 rings (SSSR count). The van der Waals surface area contributed by atoms with E-state index in [2.05, 4.69) is 11.9 Å². The molecule has 0 unspecified atom stereocenters. The molecular weight excluding hydrogens is 208 g/mol. The van der Waals surface area contributed by atoms with Gasteiger partial charge < -0.3 is 20.9 Å². The second kappa shape index (κ2) is 4.57. The molecule has 1 aromatic carbocycles. The molecular formula is C11H14N2O3. The van der Waals surface area contributed by atoms with E-state index in [9.17, 15) is 4.79 Å². The molecule has 0 atom stereocenters. The van der Waals surface area contributed by atoms with E-state index in [1.807, 2.05) is 6.92 Å². The van der Waals surface area contributed by atoms with Crippen molar-refractivity contribution in [3.05, 3.63) is 35.7 Å². The highest BCUT2D eigenvalue weighted by atomic mass is 16.5. The number of methoxy groups -OCH3 is 1. The molecule has 0 radical (unpaired) electrons. The Hall–Kier alpha value is -2.17. The lowest BCUT2D eigenvalue weighted by Gasteiger charge is -2.15. The minimum absolute atomic E-state index is 0.234. The third-order valence-electron chi connectivity index (χ3n) is 2.09. The van der Waals surface area contributed by atoms with Crippen molar-refractivity contribution in [1.29, 1.82) is 0 Å². The number of nitrogens with two attached hydrogens (primary N) is 1. The highest BCUT2D eigenvalue weighted by molar-refractivity contribution is 6.00. The summed E-state index contributed by atoms with van der Waals surface area (Å²) in [5.41, 5.74) is 6.59. The number of anilines is 1. The zero-order valence-corrected chi connectivity index (χ0v) is 9.20. The van der Waals surface area contributed by atoms with Crippen LogP contribution in [0.15, 0.2) is 24.6 Å². The molecule has 0 fully saturated rings. The first-order valence-electron chi connectivity index (χ1n) is 4.59.